The lowest BCUT2D eigenvalue weighted by molar-refractivity contribution is -0.127. The third kappa shape index (κ3) is 3.98. The second kappa shape index (κ2) is 7.13. The van der Waals surface area contributed by atoms with Crippen molar-refractivity contribution in [1.29, 1.82) is 0 Å². The van der Waals surface area contributed by atoms with Gasteiger partial charge in [0.05, 0.1) is 14.2 Å². The van der Waals surface area contributed by atoms with Gasteiger partial charge in [-0.3, -0.25) is 4.79 Å². The third-order valence-electron chi connectivity index (χ3n) is 3.66. The molecule has 0 aliphatic carbocycles. The maximum absolute atomic E-state index is 12.2. The normalized spacial score (nSPS) is 16.2. The Morgan fingerprint density at radius 1 is 1.14 bits per heavy atom. The van der Waals surface area contributed by atoms with Crippen molar-refractivity contribution in [2.24, 2.45) is 0 Å². The van der Waals surface area contributed by atoms with Crippen molar-refractivity contribution in [3.05, 3.63) is 29.8 Å². The van der Waals surface area contributed by atoms with E-state index in [1.807, 2.05) is 23.1 Å². The lowest BCUT2D eigenvalue weighted by atomic mass is 10.1. The van der Waals surface area contributed by atoms with Crippen LogP contribution in [0.5, 0.6) is 11.5 Å². The molecule has 5 heteroatoms. The molecule has 0 bridgehead atoms. The highest BCUT2D eigenvalue weighted by Gasteiger charge is 2.16. The lowest BCUT2D eigenvalue weighted by Crippen LogP contribution is -2.46. The fourth-order valence-corrected chi connectivity index (χ4v) is 2.26. The SMILES string of the molecule is COc1ccc(OC)c(/C=C/C(=O)N2CCN(C)CC2)c1. The molecule has 1 aliphatic heterocycles. The Morgan fingerprint density at radius 2 is 1.86 bits per heavy atom. The zero-order valence-electron chi connectivity index (χ0n) is 12.8. The van der Waals surface area contributed by atoms with Crippen LogP contribution >= 0.6 is 0 Å². The van der Waals surface area contributed by atoms with Gasteiger partial charge in [0, 0.05) is 37.8 Å². The topological polar surface area (TPSA) is 42.0 Å². The van der Waals surface area contributed by atoms with Gasteiger partial charge in [0.25, 0.3) is 0 Å². The fourth-order valence-electron chi connectivity index (χ4n) is 2.26. The van der Waals surface area contributed by atoms with Crippen molar-refractivity contribution in [3.8, 4) is 11.5 Å². The zero-order valence-corrected chi connectivity index (χ0v) is 12.8. The summed E-state index contributed by atoms with van der Waals surface area (Å²) in [6, 6.07) is 5.52. The third-order valence-corrected chi connectivity index (χ3v) is 3.66. The molecule has 5 nitrogen and oxygen atoms in total. The van der Waals surface area contributed by atoms with E-state index in [4.69, 9.17) is 9.47 Å². The number of carbonyl (C=O) groups is 1. The molecular formula is C16H22N2O3. The van der Waals surface area contributed by atoms with E-state index in [0.717, 1.165) is 43.2 Å². The van der Waals surface area contributed by atoms with Crippen molar-refractivity contribution in [3.63, 3.8) is 0 Å². The molecule has 0 saturated carbocycles. The highest BCUT2D eigenvalue weighted by Crippen LogP contribution is 2.25. The van der Waals surface area contributed by atoms with Gasteiger partial charge >= 0.3 is 0 Å². The van der Waals surface area contributed by atoms with Gasteiger partial charge in [-0.2, -0.15) is 0 Å². The van der Waals surface area contributed by atoms with E-state index in [2.05, 4.69) is 11.9 Å². The van der Waals surface area contributed by atoms with Crippen LogP contribution in [0.15, 0.2) is 24.3 Å². The number of carbonyl (C=O) groups excluding carboxylic acids is 1. The summed E-state index contributed by atoms with van der Waals surface area (Å²) in [7, 11) is 5.30. The molecule has 0 aromatic heterocycles. The summed E-state index contributed by atoms with van der Waals surface area (Å²) in [5.74, 6) is 1.49. The number of hydrogen-bond donors (Lipinski definition) is 0. The van der Waals surface area contributed by atoms with E-state index in [1.165, 1.54) is 0 Å². The zero-order chi connectivity index (χ0) is 15.2. The van der Waals surface area contributed by atoms with E-state index >= 15 is 0 Å². The number of piperazine rings is 1. The summed E-state index contributed by atoms with van der Waals surface area (Å²) in [6.07, 6.45) is 3.38. The Hall–Kier alpha value is -2.01. The van der Waals surface area contributed by atoms with Gasteiger partial charge in [-0.1, -0.05) is 0 Å². The second-order valence-electron chi connectivity index (χ2n) is 5.07. The van der Waals surface area contributed by atoms with Crippen molar-refractivity contribution in [1.82, 2.24) is 9.80 Å². The molecule has 1 fully saturated rings. The Bertz CT molecular complexity index is 520. The minimum Gasteiger partial charge on any atom is -0.497 e. The molecule has 21 heavy (non-hydrogen) atoms. The molecule has 1 amide bonds. The fraction of sp³-hybridized carbons (Fsp3) is 0.438. The molecule has 0 N–H and O–H groups in total. The van der Waals surface area contributed by atoms with Crippen molar-refractivity contribution in [2.45, 2.75) is 0 Å². The molecule has 1 aromatic rings. The Balaban J connectivity index is 2.07. The van der Waals surface area contributed by atoms with Crippen LogP contribution in [-0.4, -0.2) is 63.2 Å². The number of likely N-dealkylation sites (N-methyl/N-ethyl adjacent to an activating group) is 1. The number of methoxy groups -OCH3 is 2. The summed E-state index contributed by atoms with van der Waals surface area (Å²) in [4.78, 5) is 16.3. The van der Waals surface area contributed by atoms with Gasteiger partial charge in [-0.15, -0.1) is 0 Å². The maximum Gasteiger partial charge on any atom is 0.246 e. The number of amides is 1. The minimum atomic E-state index is 0.0352. The lowest BCUT2D eigenvalue weighted by Gasteiger charge is -2.31. The summed E-state index contributed by atoms with van der Waals surface area (Å²) in [5.41, 5.74) is 0.833. The number of ether oxygens (including phenoxy) is 2. The van der Waals surface area contributed by atoms with Crippen molar-refractivity contribution >= 4 is 12.0 Å². The molecule has 0 unspecified atom stereocenters. The largest absolute Gasteiger partial charge is 0.497 e. The first kappa shape index (κ1) is 15.4. The second-order valence-corrected chi connectivity index (χ2v) is 5.07. The molecule has 2 rings (SSSR count). The summed E-state index contributed by atoms with van der Waals surface area (Å²) >= 11 is 0. The number of nitrogens with zero attached hydrogens (tertiary/aromatic N) is 2. The van der Waals surface area contributed by atoms with Crippen molar-refractivity contribution < 1.29 is 14.3 Å². The van der Waals surface area contributed by atoms with Gasteiger partial charge in [-0.05, 0) is 31.3 Å². The smallest absolute Gasteiger partial charge is 0.246 e. The van der Waals surface area contributed by atoms with Crippen LogP contribution < -0.4 is 9.47 Å². The van der Waals surface area contributed by atoms with E-state index in [0.29, 0.717) is 0 Å². The minimum absolute atomic E-state index is 0.0352. The number of benzene rings is 1. The summed E-state index contributed by atoms with van der Waals surface area (Å²) in [6.45, 7) is 3.38. The average molecular weight is 290 g/mol. The number of rotatable bonds is 4. The molecule has 1 heterocycles. The van der Waals surface area contributed by atoms with Crippen LogP contribution in [-0.2, 0) is 4.79 Å². The Labute approximate surface area is 125 Å². The van der Waals surface area contributed by atoms with E-state index in [1.54, 1.807) is 26.4 Å². The first-order valence-corrected chi connectivity index (χ1v) is 7.01. The quantitative estimate of drug-likeness (QED) is 0.788. The molecule has 1 aromatic carbocycles. The first-order chi connectivity index (χ1) is 10.1. The average Bonchev–Trinajstić information content (AvgIpc) is 2.52. The Morgan fingerprint density at radius 3 is 2.48 bits per heavy atom. The predicted molar refractivity (Wildman–Crippen MR) is 82.7 cm³/mol. The molecule has 1 saturated heterocycles. The summed E-state index contributed by atoms with van der Waals surface area (Å²) in [5, 5.41) is 0. The van der Waals surface area contributed by atoms with Gasteiger partial charge in [0.2, 0.25) is 5.91 Å². The van der Waals surface area contributed by atoms with Crippen LogP contribution in [0, 0.1) is 0 Å². The van der Waals surface area contributed by atoms with Gasteiger partial charge in [-0.25, -0.2) is 0 Å². The van der Waals surface area contributed by atoms with Gasteiger partial charge < -0.3 is 19.3 Å². The van der Waals surface area contributed by atoms with Crippen LogP contribution in [0.3, 0.4) is 0 Å². The van der Waals surface area contributed by atoms with Crippen LogP contribution in [0.1, 0.15) is 5.56 Å². The molecule has 0 spiro atoms. The van der Waals surface area contributed by atoms with Crippen LogP contribution in [0.25, 0.3) is 6.08 Å². The predicted octanol–water partition coefficient (Wildman–Crippen LogP) is 1.49. The molecular weight excluding hydrogens is 268 g/mol. The maximum atomic E-state index is 12.2. The molecule has 0 radical (unpaired) electrons. The highest BCUT2D eigenvalue weighted by molar-refractivity contribution is 5.92. The molecule has 1 aliphatic rings. The Kier molecular flexibility index (Phi) is 5.22. The monoisotopic (exact) mass is 290 g/mol. The molecule has 0 atom stereocenters. The van der Waals surface area contributed by atoms with Crippen molar-refractivity contribution in [2.75, 3.05) is 47.4 Å². The number of hydrogen-bond acceptors (Lipinski definition) is 4. The van der Waals surface area contributed by atoms with E-state index in [9.17, 15) is 4.79 Å². The standard InChI is InChI=1S/C16H22N2O3/c1-17-8-10-18(11-9-17)16(19)7-4-13-12-14(20-2)5-6-15(13)21-3/h4-7,12H,8-11H2,1-3H3/b7-4+. The van der Waals surface area contributed by atoms with Crippen LogP contribution in [0.2, 0.25) is 0 Å². The molecule has 114 valence electrons. The van der Waals surface area contributed by atoms with E-state index in [-0.39, 0.29) is 5.91 Å². The summed E-state index contributed by atoms with van der Waals surface area (Å²) < 4.78 is 10.5. The highest BCUT2D eigenvalue weighted by atomic mass is 16.5. The van der Waals surface area contributed by atoms with E-state index < -0.39 is 0 Å². The first-order valence-electron chi connectivity index (χ1n) is 7.01. The van der Waals surface area contributed by atoms with Gasteiger partial charge in [0.1, 0.15) is 11.5 Å². The van der Waals surface area contributed by atoms with Gasteiger partial charge in [0.15, 0.2) is 0 Å². The van der Waals surface area contributed by atoms with Crippen LogP contribution in [0.4, 0.5) is 0 Å².